The lowest BCUT2D eigenvalue weighted by atomic mass is 9.84. The molecule has 0 radical (unpaired) electrons. The van der Waals surface area contributed by atoms with Crippen LogP contribution in [0.25, 0.3) is 11.0 Å². The molecule has 0 aliphatic heterocycles. The Morgan fingerprint density at radius 1 is 1.29 bits per heavy atom. The zero-order valence-electron chi connectivity index (χ0n) is 10.7. The van der Waals surface area contributed by atoms with Gasteiger partial charge in [0.1, 0.15) is 17.2 Å². The molecule has 0 aliphatic carbocycles. The van der Waals surface area contributed by atoms with E-state index in [1.165, 1.54) is 12.1 Å². The van der Waals surface area contributed by atoms with Crippen LogP contribution in [0, 0.1) is 12.7 Å². The van der Waals surface area contributed by atoms with Crippen LogP contribution < -0.4 is 5.73 Å². The molecular formula is C14H18FNO. The van der Waals surface area contributed by atoms with Crippen LogP contribution in [0.5, 0.6) is 0 Å². The largest absolute Gasteiger partial charge is 0.459 e. The number of nitrogens with two attached hydrogens (primary N) is 1. The summed E-state index contributed by atoms with van der Waals surface area (Å²) < 4.78 is 19.3. The van der Waals surface area contributed by atoms with E-state index in [4.69, 9.17) is 10.2 Å². The summed E-state index contributed by atoms with van der Waals surface area (Å²) >= 11 is 0. The molecule has 2 rings (SSSR count). The molecule has 1 heterocycles. The molecule has 2 nitrogen and oxygen atoms in total. The fourth-order valence-corrected chi connectivity index (χ4v) is 2.34. The number of furan rings is 1. The number of hydrogen-bond donors (Lipinski definition) is 1. The van der Waals surface area contributed by atoms with E-state index >= 15 is 0 Å². The summed E-state index contributed by atoms with van der Waals surface area (Å²) in [4.78, 5) is 0. The highest BCUT2D eigenvalue weighted by atomic mass is 19.1. The lowest BCUT2D eigenvalue weighted by molar-refractivity contribution is 0.510. The smallest absolute Gasteiger partial charge is 0.137 e. The first-order chi connectivity index (χ1) is 7.84. The number of fused-ring (bicyclic) bond motifs is 1. The van der Waals surface area contributed by atoms with Crippen LogP contribution in [0.2, 0.25) is 0 Å². The Hall–Kier alpha value is -1.35. The first kappa shape index (κ1) is 12.1. The van der Waals surface area contributed by atoms with E-state index in [0.29, 0.717) is 6.54 Å². The Morgan fingerprint density at radius 2 is 1.94 bits per heavy atom. The van der Waals surface area contributed by atoms with Crippen molar-refractivity contribution in [1.82, 2.24) is 0 Å². The molecule has 2 N–H and O–H groups in total. The monoisotopic (exact) mass is 235 g/mol. The second kappa shape index (κ2) is 3.84. The average molecular weight is 235 g/mol. The molecule has 0 amide bonds. The second-order valence-corrected chi connectivity index (χ2v) is 5.45. The summed E-state index contributed by atoms with van der Waals surface area (Å²) in [6.45, 7) is 8.42. The summed E-state index contributed by atoms with van der Waals surface area (Å²) in [5.41, 5.74) is 8.17. The van der Waals surface area contributed by atoms with Crippen molar-refractivity contribution in [3.05, 3.63) is 34.8 Å². The maximum atomic E-state index is 13.5. The van der Waals surface area contributed by atoms with Crippen molar-refractivity contribution < 1.29 is 8.81 Å². The fraction of sp³-hybridized carbons (Fsp3) is 0.429. The quantitative estimate of drug-likeness (QED) is 0.819. The molecule has 0 spiro atoms. The van der Waals surface area contributed by atoms with Gasteiger partial charge in [0.25, 0.3) is 0 Å². The van der Waals surface area contributed by atoms with Crippen LogP contribution in [0.4, 0.5) is 4.39 Å². The van der Waals surface area contributed by atoms with Crippen molar-refractivity contribution in [2.45, 2.75) is 39.7 Å². The topological polar surface area (TPSA) is 39.2 Å². The fourth-order valence-electron chi connectivity index (χ4n) is 2.34. The summed E-state index contributed by atoms with van der Waals surface area (Å²) in [6, 6.07) is 3.02. The third-order valence-corrected chi connectivity index (χ3v) is 2.95. The van der Waals surface area contributed by atoms with Gasteiger partial charge in [0.15, 0.2) is 0 Å². The molecule has 0 unspecified atom stereocenters. The van der Waals surface area contributed by atoms with Crippen molar-refractivity contribution in [1.29, 1.82) is 0 Å². The van der Waals surface area contributed by atoms with E-state index in [9.17, 15) is 4.39 Å². The average Bonchev–Trinajstić information content (AvgIpc) is 2.55. The van der Waals surface area contributed by atoms with Gasteiger partial charge < -0.3 is 10.2 Å². The summed E-state index contributed by atoms with van der Waals surface area (Å²) in [7, 11) is 0. The number of halogens is 1. The number of aryl methyl sites for hydroxylation is 1. The van der Waals surface area contributed by atoms with Gasteiger partial charge in [0.2, 0.25) is 0 Å². The van der Waals surface area contributed by atoms with E-state index < -0.39 is 0 Å². The highest BCUT2D eigenvalue weighted by Gasteiger charge is 2.25. The molecule has 3 heteroatoms. The minimum Gasteiger partial charge on any atom is -0.459 e. The van der Waals surface area contributed by atoms with Gasteiger partial charge >= 0.3 is 0 Å². The van der Waals surface area contributed by atoms with Gasteiger partial charge in [-0.1, -0.05) is 20.8 Å². The molecule has 92 valence electrons. The molecule has 17 heavy (non-hydrogen) atoms. The number of benzene rings is 1. The zero-order valence-corrected chi connectivity index (χ0v) is 10.7. The first-order valence-corrected chi connectivity index (χ1v) is 5.76. The molecule has 0 saturated carbocycles. The standard InChI is InChI=1S/C14H18FNO/c1-8-5-9(15)6-10-12(14(2,3)4)11(7-16)17-13(8)10/h5-6H,7,16H2,1-4H3. The Morgan fingerprint density at radius 3 is 2.47 bits per heavy atom. The Labute approximate surface area is 101 Å². The van der Waals surface area contributed by atoms with Crippen LogP contribution in [0.3, 0.4) is 0 Å². The van der Waals surface area contributed by atoms with Gasteiger partial charge in [0.05, 0.1) is 6.54 Å². The summed E-state index contributed by atoms with van der Waals surface area (Å²) in [6.07, 6.45) is 0. The normalized spacial score (nSPS) is 12.4. The van der Waals surface area contributed by atoms with E-state index in [1.54, 1.807) is 0 Å². The zero-order chi connectivity index (χ0) is 12.8. The third kappa shape index (κ3) is 1.95. The maximum absolute atomic E-state index is 13.5. The molecular weight excluding hydrogens is 217 g/mol. The van der Waals surface area contributed by atoms with Gasteiger partial charge in [-0.3, -0.25) is 0 Å². The molecule has 0 atom stereocenters. The van der Waals surface area contributed by atoms with Gasteiger partial charge in [-0.15, -0.1) is 0 Å². The maximum Gasteiger partial charge on any atom is 0.137 e. The molecule has 0 fully saturated rings. The lowest BCUT2D eigenvalue weighted by Gasteiger charge is -2.18. The van der Waals surface area contributed by atoms with Crippen molar-refractivity contribution in [3.8, 4) is 0 Å². The van der Waals surface area contributed by atoms with Crippen molar-refractivity contribution in [3.63, 3.8) is 0 Å². The molecule has 0 aliphatic rings. The Balaban J connectivity index is 2.88. The van der Waals surface area contributed by atoms with E-state index in [2.05, 4.69) is 20.8 Å². The van der Waals surface area contributed by atoms with Gasteiger partial charge in [-0.25, -0.2) is 4.39 Å². The Bertz CT molecular complexity index is 564. The van der Waals surface area contributed by atoms with Crippen LogP contribution >= 0.6 is 0 Å². The lowest BCUT2D eigenvalue weighted by Crippen LogP contribution is -2.14. The van der Waals surface area contributed by atoms with Crippen LogP contribution in [0.1, 0.15) is 37.7 Å². The number of rotatable bonds is 1. The van der Waals surface area contributed by atoms with Crippen LogP contribution in [-0.4, -0.2) is 0 Å². The second-order valence-electron chi connectivity index (χ2n) is 5.45. The van der Waals surface area contributed by atoms with Crippen molar-refractivity contribution in [2.24, 2.45) is 5.73 Å². The minimum absolute atomic E-state index is 0.111. The summed E-state index contributed by atoms with van der Waals surface area (Å²) in [5.74, 6) is 0.520. The molecule has 1 aromatic heterocycles. The van der Waals surface area contributed by atoms with Crippen LogP contribution in [-0.2, 0) is 12.0 Å². The highest BCUT2D eigenvalue weighted by Crippen LogP contribution is 2.37. The van der Waals surface area contributed by atoms with Crippen molar-refractivity contribution >= 4 is 11.0 Å². The molecule has 1 aromatic carbocycles. The SMILES string of the molecule is Cc1cc(F)cc2c(C(C)(C)C)c(CN)oc12. The predicted octanol–water partition coefficient (Wildman–Crippen LogP) is 3.64. The van der Waals surface area contributed by atoms with Gasteiger partial charge in [-0.2, -0.15) is 0 Å². The summed E-state index contributed by atoms with van der Waals surface area (Å²) in [5, 5.41) is 0.843. The van der Waals surface area contributed by atoms with Crippen LogP contribution in [0.15, 0.2) is 16.5 Å². The third-order valence-electron chi connectivity index (χ3n) is 2.95. The highest BCUT2D eigenvalue weighted by molar-refractivity contribution is 5.86. The van der Waals surface area contributed by atoms with Crippen molar-refractivity contribution in [2.75, 3.05) is 0 Å². The first-order valence-electron chi connectivity index (χ1n) is 5.76. The molecule has 0 saturated heterocycles. The minimum atomic E-state index is -0.232. The van der Waals surface area contributed by atoms with E-state index in [-0.39, 0.29) is 11.2 Å². The van der Waals surface area contributed by atoms with Gasteiger partial charge in [0, 0.05) is 10.9 Å². The number of hydrogen-bond acceptors (Lipinski definition) is 2. The predicted molar refractivity (Wildman–Crippen MR) is 67.5 cm³/mol. The molecule has 2 aromatic rings. The molecule has 0 bridgehead atoms. The Kier molecular flexibility index (Phi) is 2.74. The van der Waals surface area contributed by atoms with E-state index in [1.807, 2.05) is 6.92 Å². The van der Waals surface area contributed by atoms with Gasteiger partial charge in [-0.05, 0) is 30.0 Å². The van der Waals surface area contributed by atoms with E-state index in [0.717, 1.165) is 27.9 Å².